The second-order valence-electron chi connectivity index (χ2n) is 6.15. The number of hydrogen-bond acceptors (Lipinski definition) is 8. The maximum Gasteiger partial charge on any atom is 0.286 e. The summed E-state index contributed by atoms with van der Waals surface area (Å²) in [7, 11) is 1.49. The number of carbonyl (C=O) groups excluding carboxylic acids is 2. The van der Waals surface area contributed by atoms with Crippen molar-refractivity contribution in [3.8, 4) is 11.5 Å². The molecule has 1 atom stereocenters. The van der Waals surface area contributed by atoms with Gasteiger partial charge in [0.15, 0.2) is 11.5 Å². The number of ether oxygens (including phenoxy) is 3. The molecular formula is C17H18N4O5S. The van der Waals surface area contributed by atoms with E-state index in [0.717, 1.165) is 12.8 Å². The largest absolute Gasteiger partial charge is 0.454 e. The van der Waals surface area contributed by atoms with Crippen LogP contribution in [0.5, 0.6) is 11.5 Å². The molecule has 1 N–H and O–H groups in total. The highest BCUT2D eigenvalue weighted by Crippen LogP contribution is 2.35. The summed E-state index contributed by atoms with van der Waals surface area (Å²) in [5.41, 5.74) is 0.582. The summed E-state index contributed by atoms with van der Waals surface area (Å²) in [5, 5.41) is 11.8. The van der Waals surface area contributed by atoms with Crippen LogP contribution in [0, 0.1) is 0 Å². The lowest BCUT2D eigenvalue weighted by Crippen LogP contribution is -2.33. The Hall–Kier alpha value is -2.72. The van der Waals surface area contributed by atoms with Gasteiger partial charge in [-0.1, -0.05) is 11.3 Å². The molecule has 1 unspecified atom stereocenters. The predicted octanol–water partition coefficient (Wildman–Crippen LogP) is 1.83. The molecule has 1 aromatic heterocycles. The predicted molar refractivity (Wildman–Crippen MR) is 96.0 cm³/mol. The van der Waals surface area contributed by atoms with Crippen LogP contribution < -0.4 is 14.8 Å². The number of aromatic nitrogens is 2. The van der Waals surface area contributed by atoms with Gasteiger partial charge in [0.05, 0.1) is 6.04 Å². The lowest BCUT2D eigenvalue weighted by molar-refractivity contribution is -0.136. The van der Waals surface area contributed by atoms with E-state index in [1.54, 1.807) is 23.1 Å². The lowest BCUT2D eigenvalue weighted by Gasteiger charge is -2.22. The summed E-state index contributed by atoms with van der Waals surface area (Å²) in [5.74, 6) is 0.796. The topological polar surface area (TPSA) is 103 Å². The zero-order valence-corrected chi connectivity index (χ0v) is 15.5. The molecule has 3 heterocycles. The van der Waals surface area contributed by atoms with Gasteiger partial charge in [-0.15, -0.1) is 10.2 Å². The first-order valence-electron chi connectivity index (χ1n) is 8.48. The van der Waals surface area contributed by atoms with E-state index in [0.29, 0.717) is 28.7 Å². The van der Waals surface area contributed by atoms with Gasteiger partial charge in [-0.25, -0.2) is 0 Å². The van der Waals surface area contributed by atoms with Gasteiger partial charge in [-0.2, -0.15) is 0 Å². The van der Waals surface area contributed by atoms with Crippen molar-refractivity contribution in [1.82, 2.24) is 15.1 Å². The summed E-state index contributed by atoms with van der Waals surface area (Å²) in [4.78, 5) is 26.4. The Morgan fingerprint density at radius 1 is 1.33 bits per heavy atom. The molecule has 4 rings (SSSR count). The SMILES string of the molecule is COCC(=O)N1CCCC1c1nnc(C(=O)Nc2ccc3c(c2)OCO3)s1. The van der Waals surface area contributed by atoms with Gasteiger partial charge in [0.2, 0.25) is 17.7 Å². The number of benzene rings is 1. The molecule has 1 saturated heterocycles. The minimum Gasteiger partial charge on any atom is -0.454 e. The van der Waals surface area contributed by atoms with Gasteiger partial charge in [-0.05, 0) is 25.0 Å². The van der Waals surface area contributed by atoms with Crippen LogP contribution in [0.3, 0.4) is 0 Å². The highest BCUT2D eigenvalue weighted by Gasteiger charge is 2.33. The fourth-order valence-corrected chi connectivity index (χ4v) is 4.03. The molecule has 9 nitrogen and oxygen atoms in total. The molecule has 27 heavy (non-hydrogen) atoms. The van der Waals surface area contributed by atoms with E-state index in [1.165, 1.54) is 18.4 Å². The van der Waals surface area contributed by atoms with E-state index in [2.05, 4.69) is 15.5 Å². The molecule has 0 aliphatic carbocycles. The zero-order chi connectivity index (χ0) is 18.8. The number of fused-ring (bicyclic) bond motifs is 1. The molecule has 0 spiro atoms. The number of methoxy groups -OCH3 is 1. The van der Waals surface area contributed by atoms with Gasteiger partial charge < -0.3 is 24.4 Å². The minimum atomic E-state index is -0.356. The van der Waals surface area contributed by atoms with Crippen molar-refractivity contribution in [2.24, 2.45) is 0 Å². The van der Waals surface area contributed by atoms with Gasteiger partial charge in [0, 0.05) is 25.4 Å². The molecular weight excluding hydrogens is 372 g/mol. The Morgan fingerprint density at radius 3 is 3.04 bits per heavy atom. The number of anilines is 1. The number of likely N-dealkylation sites (tertiary alicyclic amines) is 1. The highest BCUT2D eigenvalue weighted by molar-refractivity contribution is 7.13. The highest BCUT2D eigenvalue weighted by atomic mass is 32.1. The number of hydrogen-bond donors (Lipinski definition) is 1. The number of nitrogens with zero attached hydrogens (tertiary/aromatic N) is 3. The monoisotopic (exact) mass is 390 g/mol. The second-order valence-corrected chi connectivity index (χ2v) is 7.15. The summed E-state index contributed by atoms with van der Waals surface area (Å²) in [6, 6.07) is 5.01. The minimum absolute atomic E-state index is 0.0345. The van der Waals surface area contributed by atoms with E-state index < -0.39 is 0 Å². The fraction of sp³-hybridized carbons (Fsp3) is 0.412. The molecule has 0 saturated carbocycles. The average Bonchev–Trinajstić information content (AvgIpc) is 3.40. The van der Waals surface area contributed by atoms with Crippen molar-refractivity contribution in [2.45, 2.75) is 18.9 Å². The maximum absolute atomic E-state index is 12.5. The number of rotatable bonds is 5. The summed E-state index contributed by atoms with van der Waals surface area (Å²) in [6.07, 6.45) is 1.69. The van der Waals surface area contributed by atoms with Crippen molar-refractivity contribution in [1.29, 1.82) is 0 Å². The average molecular weight is 390 g/mol. The smallest absolute Gasteiger partial charge is 0.286 e. The van der Waals surface area contributed by atoms with Crippen LogP contribution in [-0.4, -0.2) is 54.0 Å². The third-order valence-corrected chi connectivity index (χ3v) is 5.41. The molecule has 2 aromatic rings. The molecule has 0 radical (unpaired) electrons. The molecule has 2 aliphatic heterocycles. The molecule has 142 valence electrons. The first-order valence-corrected chi connectivity index (χ1v) is 9.30. The Bertz CT molecular complexity index is 871. The zero-order valence-electron chi connectivity index (χ0n) is 14.6. The Labute approximate surface area is 159 Å². The van der Waals surface area contributed by atoms with Crippen LogP contribution in [0.25, 0.3) is 0 Å². The normalized spacial score (nSPS) is 18.0. The third-order valence-electron chi connectivity index (χ3n) is 4.39. The third kappa shape index (κ3) is 3.58. The van der Waals surface area contributed by atoms with Crippen LogP contribution in [0.15, 0.2) is 18.2 Å². The van der Waals surface area contributed by atoms with Crippen molar-refractivity contribution < 1.29 is 23.8 Å². The Kier molecular flexibility index (Phi) is 4.90. The van der Waals surface area contributed by atoms with Crippen molar-refractivity contribution in [3.05, 3.63) is 28.2 Å². The summed E-state index contributed by atoms with van der Waals surface area (Å²) >= 11 is 1.20. The number of carbonyl (C=O) groups is 2. The van der Waals surface area contributed by atoms with E-state index in [4.69, 9.17) is 14.2 Å². The summed E-state index contributed by atoms with van der Waals surface area (Å²) in [6.45, 7) is 0.865. The van der Waals surface area contributed by atoms with E-state index in [-0.39, 0.29) is 36.3 Å². The summed E-state index contributed by atoms with van der Waals surface area (Å²) < 4.78 is 15.5. The molecule has 2 aliphatic rings. The number of nitrogens with one attached hydrogen (secondary N) is 1. The van der Waals surface area contributed by atoms with Crippen LogP contribution in [0.4, 0.5) is 5.69 Å². The molecule has 1 fully saturated rings. The second kappa shape index (κ2) is 7.49. The molecule has 2 amide bonds. The molecule has 1 aromatic carbocycles. The first-order chi connectivity index (χ1) is 13.2. The van der Waals surface area contributed by atoms with Gasteiger partial charge in [-0.3, -0.25) is 9.59 Å². The first kappa shape index (κ1) is 17.7. The van der Waals surface area contributed by atoms with Crippen molar-refractivity contribution in [2.75, 3.05) is 32.4 Å². The van der Waals surface area contributed by atoms with Gasteiger partial charge in [0.25, 0.3) is 5.91 Å². The molecule has 0 bridgehead atoms. The lowest BCUT2D eigenvalue weighted by atomic mass is 10.2. The Morgan fingerprint density at radius 2 is 2.19 bits per heavy atom. The number of amides is 2. The van der Waals surface area contributed by atoms with Gasteiger partial charge >= 0.3 is 0 Å². The quantitative estimate of drug-likeness (QED) is 0.831. The van der Waals surface area contributed by atoms with Crippen molar-refractivity contribution >= 4 is 28.8 Å². The van der Waals surface area contributed by atoms with E-state index in [1.807, 2.05) is 0 Å². The van der Waals surface area contributed by atoms with E-state index >= 15 is 0 Å². The van der Waals surface area contributed by atoms with Gasteiger partial charge in [0.1, 0.15) is 11.6 Å². The van der Waals surface area contributed by atoms with Crippen molar-refractivity contribution in [3.63, 3.8) is 0 Å². The fourth-order valence-electron chi connectivity index (χ4n) is 3.15. The standard InChI is InChI=1S/C17H18N4O5S/c1-24-8-14(22)21-6-2-3-11(21)16-19-20-17(27-16)15(23)18-10-4-5-12-13(7-10)26-9-25-12/h4-5,7,11H,2-3,6,8-9H2,1H3,(H,18,23). The van der Waals surface area contributed by atoms with Crippen LogP contribution in [-0.2, 0) is 9.53 Å². The molecule has 10 heteroatoms. The Balaban J connectivity index is 1.45. The van der Waals surface area contributed by atoms with Crippen LogP contribution >= 0.6 is 11.3 Å². The van der Waals surface area contributed by atoms with E-state index in [9.17, 15) is 9.59 Å². The van der Waals surface area contributed by atoms with Crippen LogP contribution in [0.1, 0.15) is 33.7 Å². The van der Waals surface area contributed by atoms with Crippen LogP contribution in [0.2, 0.25) is 0 Å². The maximum atomic E-state index is 12.5.